The molecule has 0 aliphatic heterocycles. The van der Waals surface area contributed by atoms with Crippen molar-refractivity contribution < 1.29 is 25.4 Å². The van der Waals surface area contributed by atoms with Gasteiger partial charge in [-0.1, -0.05) is 106 Å². The Labute approximate surface area is 267 Å². The number of rotatable bonds is 11. The van der Waals surface area contributed by atoms with Crippen molar-refractivity contribution >= 4 is 43.8 Å². The van der Waals surface area contributed by atoms with Crippen LogP contribution in [-0.2, 0) is 28.8 Å². The normalized spacial score (nSPS) is 12.5. The van der Waals surface area contributed by atoms with Gasteiger partial charge in [-0.2, -0.15) is 27.4 Å². The number of hydrogen-bond acceptors (Lipinski definition) is 10. The fraction of sp³-hybridized carbons (Fsp3) is 0.0588. The van der Waals surface area contributed by atoms with E-state index in [2.05, 4.69) is 10.3 Å². The van der Waals surface area contributed by atoms with Crippen LogP contribution < -0.4 is 0 Å². The van der Waals surface area contributed by atoms with Crippen molar-refractivity contribution in [1.29, 1.82) is 10.5 Å². The molecule has 4 rings (SSSR count). The van der Waals surface area contributed by atoms with E-state index in [4.69, 9.17) is 8.57 Å². The van der Waals surface area contributed by atoms with Gasteiger partial charge in [0.15, 0.2) is 11.4 Å². The SMILES string of the molecule is Cc1ccc(C=CC(C#N)=NOS(=O)(=O)c2ccc(-c3ccc(S(=O)(=O)ON=C(C#N)C=Cc4ccc(C)cc4)cc3)cc2)cc1. The van der Waals surface area contributed by atoms with Crippen molar-refractivity contribution in [2.45, 2.75) is 23.6 Å². The highest BCUT2D eigenvalue weighted by molar-refractivity contribution is 7.87. The topological polar surface area (TPSA) is 159 Å². The molecule has 0 saturated heterocycles. The van der Waals surface area contributed by atoms with Crippen molar-refractivity contribution in [3.05, 3.63) is 131 Å². The Morgan fingerprint density at radius 2 is 0.891 bits per heavy atom. The molecule has 10 nitrogen and oxygen atoms in total. The first kappa shape index (κ1) is 33.1. The summed E-state index contributed by atoms with van der Waals surface area (Å²) in [7, 11) is -8.65. The molecule has 12 heteroatoms. The summed E-state index contributed by atoms with van der Waals surface area (Å²) in [6, 6.07) is 29.7. The van der Waals surface area contributed by atoms with Crippen LogP contribution in [0.1, 0.15) is 22.3 Å². The first-order valence-corrected chi connectivity index (χ1v) is 16.3. The summed E-state index contributed by atoms with van der Waals surface area (Å²) < 4.78 is 60.1. The van der Waals surface area contributed by atoms with Gasteiger partial charge in [-0.15, -0.1) is 0 Å². The molecule has 4 aromatic carbocycles. The highest BCUT2D eigenvalue weighted by atomic mass is 32.2. The lowest BCUT2D eigenvalue weighted by atomic mass is 10.1. The number of nitrogens with zero attached hydrogens (tertiary/aromatic N) is 4. The number of benzene rings is 4. The molecule has 0 radical (unpaired) electrons. The first-order valence-electron chi connectivity index (χ1n) is 13.5. The number of nitriles is 2. The predicted octanol–water partition coefficient (Wildman–Crippen LogP) is 6.57. The summed E-state index contributed by atoms with van der Waals surface area (Å²) in [5, 5.41) is 25.6. The highest BCUT2D eigenvalue weighted by Gasteiger charge is 2.18. The van der Waals surface area contributed by atoms with Gasteiger partial charge >= 0.3 is 20.2 Å². The molecule has 0 aromatic heterocycles. The summed E-state index contributed by atoms with van der Waals surface area (Å²) >= 11 is 0. The number of oxime groups is 2. The molecular formula is C34H26N4O6S2. The lowest BCUT2D eigenvalue weighted by Gasteiger charge is -2.06. The fourth-order valence-electron chi connectivity index (χ4n) is 3.77. The van der Waals surface area contributed by atoms with Crippen molar-refractivity contribution in [2.75, 3.05) is 0 Å². The minimum atomic E-state index is -4.33. The second-order valence-electron chi connectivity index (χ2n) is 9.77. The van der Waals surface area contributed by atoms with E-state index in [1.807, 2.05) is 62.4 Å². The van der Waals surface area contributed by atoms with E-state index in [1.54, 1.807) is 24.3 Å². The molecule has 46 heavy (non-hydrogen) atoms. The minimum Gasteiger partial charge on any atom is -0.263 e. The highest BCUT2D eigenvalue weighted by Crippen LogP contribution is 2.24. The molecule has 230 valence electrons. The molecule has 0 aliphatic rings. The Kier molecular flexibility index (Phi) is 10.6. The minimum absolute atomic E-state index is 0.199. The second kappa shape index (κ2) is 14.8. The molecule has 0 unspecified atom stereocenters. The van der Waals surface area contributed by atoms with E-state index in [0.717, 1.165) is 22.3 Å². The molecule has 0 aliphatic carbocycles. The predicted molar refractivity (Wildman–Crippen MR) is 175 cm³/mol. The molecule has 0 atom stereocenters. The second-order valence-corrected chi connectivity index (χ2v) is 12.8. The average molecular weight is 651 g/mol. The van der Waals surface area contributed by atoms with Crippen LogP contribution in [-0.4, -0.2) is 28.3 Å². The quantitative estimate of drug-likeness (QED) is 0.130. The lowest BCUT2D eigenvalue weighted by Crippen LogP contribution is -2.04. The van der Waals surface area contributed by atoms with Crippen LogP contribution in [0.25, 0.3) is 23.3 Å². The zero-order valence-corrected chi connectivity index (χ0v) is 26.2. The maximum absolute atomic E-state index is 12.6. The van der Waals surface area contributed by atoms with E-state index in [1.165, 1.54) is 60.7 Å². The molecule has 0 fully saturated rings. The van der Waals surface area contributed by atoms with Crippen molar-refractivity contribution in [3.63, 3.8) is 0 Å². The summed E-state index contributed by atoms with van der Waals surface area (Å²) in [5.41, 5.74) is 4.42. The lowest BCUT2D eigenvalue weighted by molar-refractivity contribution is 0.339. The van der Waals surface area contributed by atoms with Crippen LogP contribution in [0, 0.1) is 36.5 Å². The summed E-state index contributed by atoms with van der Waals surface area (Å²) in [6.45, 7) is 3.89. The third kappa shape index (κ3) is 9.09. The van der Waals surface area contributed by atoms with E-state index in [9.17, 15) is 27.4 Å². The van der Waals surface area contributed by atoms with Gasteiger partial charge in [-0.3, -0.25) is 8.57 Å². The number of aryl methyl sites for hydroxylation is 2. The molecule has 0 N–H and O–H groups in total. The van der Waals surface area contributed by atoms with E-state index in [-0.39, 0.29) is 21.2 Å². The van der Waals surface area contributed by atoms with Gasteiger partial charge in [0.2, 0.25) is 0 Å². The van der Waals surface area contributed by atoms with E-state index >= 15 is 0 Å². The van der Waals surface area contributed by atoms with Gasteiger partial charge < -0.3 is 0 Å². The Morgan fingerprint density at radius 3 is 1.20 bits per heavy atom. The van der Waals surface area contributed by atoms with Crippen LogP contribution in [0.3, 0.4) is 0 Å². The van der Waals surface area contributed by atoms with Crippen molar-refractivity contribution in [3.8, 4) is 23.3 Å². The number of allylic oxidation sites excluding steroid dienone is 2. The van der Waals surface area contributed by atoms with Crippen LogP contribution in [0.5, 0.6) is 0 Å². The van der Waals surface area contributed by atoms with Crippen LogP contribution >= 0.6 is 0 Å². The summed E-state index contributed by atoms with van der Waals surface area (Å²) in [4.78, 5) is -0.398. The molecule has 0 heterocycles. The smallest absolute Gasteiger partial charge is 0.263 e. The van der Waals surface area contributed by atoms with Crippen molar-refractivity contribution in [2.24, 2.45) is 10.3 Å². The van der Waals surface area contributed by atoms with E-state index < -0.39 is 20.2 Å². The zero-order valence-electron chi connectivity index (χ0n) is 24.6. The molecule has 4 aromatic rings. The monoisotopic (exact) mass is 650 g/mol. The van der Waals surface area contributed by atoms with Gasteiger partial charge in [0.05, 0.1) is 0 Å². The first-order chi connectivity index (χ1) is 22.0. The maximum atomic E-state index is 12.6. The van der Waals surface area contributed by atoms with Gasteiger partial charge in [0.1, 0.15) is 21.9 Å². The van der Waals surface area contributed by atoms with Gasteiger partial charge in [0.25, 0.3) is 0 Å². The zero-order chi connectivity index (χ0) is 33.2. The Bertz CT molecular complexity index is 1960. The molecule has 0 amide bonds. The fourth-order valence-corrected chi connectivity index (χ4v) is 5.24. The largest absolute Gasteiger partial charge is 0.358 e. The van der Waals surface area contributed by atoms with Crippen LogP contribution in [0.2, 0.25) is 0 Å². The number of hydrogen-bond donors (Lipinski definition) is 0. The third-order valence-corrected chi connectivity index (χ3v) is 8.58. The van der Waals surface area contributed by atoms with E-state index in [0.29, 0.717) is 11.1 Å². The van der Waals surface area contributed by atoms with Crippen LogP contribution in [0.4, 0.5) is 0 Å². The van der Waals surface area contributed by atoms with Crippen molar-refractivity contribution in [1.82, 2.24) is 0 Å². The van der Waals surface area contributed by atoms with Gasteiger partial charge in [0, 0.05) is 0 Å². The molecule has 0 bridgehead atoms. The standard InChI is InChI=1S/C34H26N4O6S2/c1-25-3-7-27(8-4-25)11-17-31(23-35)37-43-45(39,40)33-19-13-29(14-20-33)30-15-21-34(22-16-30)46(41,42)44-38-32(24-36)18-12-28-9-5-26(2)6-10-28/h3-22H,1-2H3. The summed E-state index contributed by atoms with van der Waals surface area (Å²) in [6.07, 6.45) is 5.90. The third-order valence-electron chi connectivity index (χ3n) is 6.34. The Balaban J connectivity index is 1.41. The van der Waals surface area contributed by atoms with Gasteiger partial charge in [-0.25, -0.2) is 0 Å². The molecular weight excluding hydrogens is 625 g/mol. The molecule has 0 spiro atoms. The Morgan fingerprint density at radius 1 is 0.565 bits per heavy atom. The summed E-state index contributed by atoms with van der Waals surface area (Å²) in [5.74, 6) is 0. The molecule has 0 saturated carbocycles. The van der Waals surface area contributed by atoms with Crippen LogP contribution in [0.15, 0.2) is 129 Å². The average Bonchev–Trinajstić information content (AvgIpc) is 3.06. The van der Waals surface area contributed by atoms with Gasteiger partial charge in [-0.05, 0) is 72.5 Å². The Hall–Kier alpha value is -5.82. The maximum Gasteiger partial charge on any atom is 0.358 e.